The van der Waals surface area contributed by atoms with Crippen LogP contribution >= 0.6 is 0 Å². The van der Waals surface area contributed by atoms with Gasteiger partial charge in [-0.15, -0.1) is 0 Å². The van der Waals surface area contributed by atoms with Gasteiger partial charge < -0.3 is 20.8 Å². The van der Waals surface area contributed by atoms with Crippen LogP contribution in [0.1, 0.15) is 36.0 Å². The van der Waals surface area contributed by atoms with Gasteiger partial charge in [0.25, 0.3) is 0 Å². The van der Waals surface area contributed by atoms with Crippen LogP contribution < -0.4 is 10.6 Å². The summed E-state index contributed by atoms with van der Waals surface area (Å²) < 4.78 is 13.5. The quantitative estimate of drug-likeness (QED) is 0.716. The van der Waals surface area contributed by atoms with E-state index >= 15 is 0 Å². The third-order valence-electron chi connectivity index (χ3n) is 4.37. The van der Waals surface area contributed by atoms with Crippen molar-refractivity contribution >= 4 is 17.3 Å². The minimum atomic E-state index is -1.22. The van der Waals surface area contributed by atoms with Gasteiger partial charge in [-0.05, 0) is 37.8 Å². The molecule has 0 saturated carbocycles. The highest BCUT2D eigenvalue weighted by Gasteiger charge is 2.41. The van der Waals surface area contributed by atoms with Gasteiger partial charge in [-0.25, -0.2) is 9.18 Å². The number of carboxylic acid groups (broad SMARTS) is 1. The average Bonchev–Trinajstić information content (AvgIpc) is 2.64. The summed E-state index contributed by atoms with van der Waals surface area (Å²) in [6.45, 7) is 0. The lowest BCUT2D eigenvalue weighted by atomic mass is 9.97. The van der Waals surface area contributed by atoms with Crippen LogP contribution in [0.4, 0.5) is 15.8 Å². The molecule has 2 bridgehead atoms. The summed E-state index contributed by atoms with van der Waals surface area (Å²) >= 11 is 0. The first kappa shape index (κ1) is 13.2. The molecule has 2 aliphatic heterocycles. The molecule has 0 radical (unpaired) electrons. The molecular formula is C14H17FN2O3. The Bertz CT molecular complexity index is 550. The van der Waals surface area contributed by atoms with Gasteiger partial charge in [-0.2, -0.15) is 0 Å². The third-order valence-corrected chi connectivity index (χ3v) is 4.37. The predicted molar refractivity (Wildman–Crippen MR) is 72.3 cm³/mol. The number of carboxylic acids is 1. The number of rotatable bonds is 2. The number of fused-ring (bicyclic) bond motifs is 2. The predicted octanol–water partition coefficient (Wildman–Crippen LogP) is 1.60. The number of aliphatic hydroxyl groups is 1. The molecular weight excluding hydrogens is 263 g/mol. The maximum atomic E-state index is 13.5. The lowest BCUT2D eigenvalue weighted by Gasteiger charge is -2.39. The van der Waals surface area contributed by atoms with E-state index in [0.29, 0.717) is 18.5 Å². The molecule has 0 aromatic heterocycles. The second-order valence-corrected chi connectivity index (χ2v) is 5.58. The van der Waals surface area contributed by atoms with Gasteiger partial charge in [0.05, 0.1) is 17.5 Å². The van der Waals surface area contributed by atoms with Gasteiger partial charge in [0.2, 0.25) is 0 Å². The van der Waals surface area contributed by atoms with Crippen molar-refractivity contribution in [2.45, 2.75) is 43.9 Å². The van der Waals surface area contributed by atoms with Crippen LogP contribution in [0.15, 0.2) is 12.1 Å². The van der Waals surface area contributed by atoms with Crippen molar-refractivity contribution in [1.82, 2.24) is 0 Å². The van der Waals surface area contributed by atoms with Gasteiger partial charge in [0.15, 0.2) is 0 Å². The second kappa shape index (κ2) is 4.63. The number of hydrogen-bond acceptors (Lipinski definition) is 4. The molecule has 2 saturated heterocycles. The molecule has 2 aliphatic rings. The van der Waals surface area contributed by atoms with Gasteiger partial charge in [0.1, 0.15) is 11.4 Å². The second-order valence-electron chi connectivity index (χ2n) is 5.58. The highest BCUT2D eigenvalue weighted by Crippen LogP contribution is 2.42. The van der Waals surface area contributed by atoms with Crippen molar-refractivity contribution in [3.05, 3.63) is 23.5 Å². The Morgan fingerprint density at radius 3 is 2.45 bits per heavy atom. The van der Waals surface area contributed by atoms with E-state index in [9.17, 15) is 19.4 Å². The van der Waals surface area contributed by atoms with Crippen LogP contribution in [0, 0.1) is 5.82 Å². The fraction of sp³-hybridized carbons (Fsp3) is 0.500. The smallest absolute Gasteiger partial charge is 0.340 e. The van der Waals surface area contributed by atoms with Gasteiger partial charge in [0, 0.05) is 12.1 Å². The maximum absolute atomic E-state index is 13.5. The van der Waals surface area contributed by atoms with E-state index in [1.165, 1.54) is 12.1 Å². The number of aromatic carboxylic acids is 1. The largest absolute Gasteiger partial charge is 0.478 e. The highest BCUT2D eigenvalue weighted by atomic mass is 19.1. The number of halogens is 1. The molecule has 2 fully saturated rings. The van der Waals surface area contributed by atoms with E-state index in [-0.39, 0.29) is 29.4 Å². The van der Waals surface area contributed by atoms with Crippen molar-refractivity contribution in [1.29, 1.82) is 0 Å². The summed E-state index contributed by atoms with van der Waals surface area (Å²) in [5, 5.41) is 19.1. The molecule has 5 nitrogen and oxygen atoms in total. The Hall–Kier alpha value is -1.82. The highest BCUT2D eigenvalue weighted by molar-refractivity contribution is 6.00. The lowest BCUT2D eigenvalue weighted by molar-refractivity contribution is 0.0698. The first-order valence-electron chi connectivity index (χ1n) is 6.76. The molecule has 3 rings (SSSR count). The zero-order chi connectivity index (χ0) is 14.4. The van der Waals surface area contributed by atoms with Crippen LogP contribution in [0.2, 0.25) is 0 Å². The summed E-state index contributed by atoms with van der Waals surface area (Å²) in [7, 11) is 0. The number of hydrogen-bond donors (Lipinski definition) is 3. The summed E-state index contributed by atoms with van der Waals surface area (Å²) in [5.41, 5.74) is 5.58. The maximum Gasteiger partial charge on any atom is 0.340 e. The van der Waals surface area contributed by atoms with Crippen LogP contribution in [0.5, 0.6) is 0 Å². The van der Waals surface area contributed by atoms with Crippen LogP contribution in [-0.2, 0) is 0 Å². The Balaban J connectivity index is 2.07. The first-order chi connectivity index (χ1) is 9.49. The van der Waals surface area contributed by atoms with E-state index < -0.39 is 11.8 Å². The molecule has 2 atom stereocenters. The van der Waals surface area contributed by atoms with Crippen molar-refractivity contribution in [3.63, 3.8) is 0 Å². The standard InChI is InChI=1S/C14H17FN2O3/c15-10-3-4-11(12(13(10)16)14(19)20)17-7-1-2-8(17)6-9(18)5-7/h3-4,7-9,18H,1-2,5-6,16H2,(H,19,20). The summed E-state index contributed by atoms with van der Waals surface area (Å²) in [5.74, 6) is -1.93. The van der Waals surface area contributed by atoms with E-state index in [0.717, 1.165) is 12.8 Å². The Morgan fingerprint density at radius 2 is 1.90 bits per heavy atom. The number of benzene rings is 1. The Morgan fingerprint density at radius 1 is 1.30 bits per heavy atom. The minimum Gasteiger partial charge on any atom is -0.478 e. The molecule has 0 spiro atoms. The van der Waals surface area contributed by atoms with E-state index in [1.807, 2.05) is 4.90 Å². The van der Waals surface area contributed by atoms with Gasteiger partial charge in [-0.1, -0.05) is 0 Å². The fourth-order valence-electron chi connectivity index (χ4n) is 3.56. The number of nitrogen functional groups attached to an aromatic ring is 1. The normalized spacial score (nSPS) is 28.7. The minimum absolute atomic E-state index is 0.103. The molecule has 4 N–H and O–H groups in total. The van der Waals surface area contributed by atoms with Crippen molar-refractivity contribution in [2.24, 2.45) is 0 Å². The molecule has 6 heteroatoms. The zero-order valence-electron chi connectivity index (χ0n) is 10.9. The Labute approximate surface area is 115 Å². The van der Waals surface area contributed by atoms with Crippen molar-refractivity contribution in [3.8, 4) is 0 Å². The Kier molecular flexibility index (Phi) is 3.05. The van der Waals surface area contributed by atoms with E-state index in [1.54, 1.807) is 0 Å². The summed E-state index contributed by atoms with van der Waals surface area (Å²) in [6.07, 6.45) is 2.73. The summed E-state index contributed by atoms with van der Waals surface area (Å²) in [4.78, 5) is 13.4. The number of aliphatic hydroxyl groups excluding tert-OH is 1. The molecule has 1 aromatic rings. The molecule has 20 heavy (non-hydrogen) atoms. The SMILES string of the molecule is Nc1c(F)ccc(N2C3CCC2CC(O)C3)c1C(=O)O. The van der Waals surface area contributed by atoms with E-state index in [2.05, 4.69) is 0 Å². The number of anilines is 2. The molecule has 1 aromatic carbocycles. The fourth-order valence-corrected chi connectivity index (χ4v) is 3.56. The number of piperidine rings is 1. The van der Waals surface area contributed by atoms with Crippen LogP contribution in [0.3, 0.4) is 0 Å². The van der Waals surface area contributed by atoms with Crippen LogP contribution in [0.25, 0.3) is 0 Å². The number of carbonyl (C=O) groups is 1. The first-order valence-corrected chi connectivity index (χ1v) is 6.76. The molecule has 2 unspecified atom stereocenters. The molecule has 0 amide bonds. The number of nitrogens with two attached hydrogens (primary N) is 1. The topological polar surface area (TPSA) is 86.8 Å². The zero-order valence-corrected chi connectivity index (χ0v) is 10.9. The molecule has 2 heterocycles. The molecule has 0 aliphatic carbocycles. The molecule has 108 valence electrons. The lowest BCUT2D eigenvalue weighted by Crippen LogP contribution is -2.45. The van der Waals surface area contributed by atoms with Crippen molar-refractivity contribution < 1.29 is 19.4 Å². The number of nitrogens with zero attached hydrogens (tertiary/aromatic N) is 1. The third kappa shape index (κ3) is 1.91. The monoisotopic (exact) mass is 280 g/mol. The van der Waals surface area contributed by atoms with Gasteiger partial charge in [-0.3, -0.25) is 0 Å². The average molecular weight is 280 g/mol. The summed E-state index contributed by atoms with van der Waals surface area (Å²) in [6, 6.07) is 2.90. The van der Waals surface area contributed by atoms with Gasteiger partial charge >= 0.3 is 5.97 Å². The van der Waals surface area contributed by atoms with E-state index in [4.69, 9.17) is 5.73 Å². The van der Waals surface area contributed by atoms with Crippen LogP contribution in [-0.4, -0.2) is 34.4 Å². The van der Waals surface area contributed by atoms with Crippen molar-refractivity contribution in [2.75, 3.05) is 10.6 Å².